The van der Waals surface area contributed by atoms with Crippen LogP contribution in [0.2, 0.25) is 0 Å². The van der Waals surface area contributed by atoms with Crippen LogP contribution in [0.15, 0.2) is 0 Å². The lowest BCUT2D eigenvalue weighted by atomic mass is 9.93. The summed E-state index contributed by atoms with van der Waals surface area (Å²) in [5.74, 6) is 2.10. The van der Waals surface area contributed by atoms with Crippen molar-refractivity contribution in [2.24, 2.45) is 17.6 Å². The van der Waals surface area contributed by atoms with Gasteiger partial charge in [0.1, 0.15) is 0 Å². The highest BCUT2D eigenvalue weighted by atomic mass is 15.2. The number of rotatable bonds is 3. The van der Waals surface area contributed by atoms with Gasteiger partial charge < -0.3 is 5.73 Å². The third-order valence-electron chi connectivity index (χ3n) is 4.11. The summed E-state index contributed by atoms with van der Waals surface area (Å²) in [7, 11) is 2.25. The molecule has 0 aromatic carbocycles. The minimum Gasteiger partial charge on any atom is -0.329 e. The fourth-order valence-corrected chi connectivity index (χ4v) is 2.88. The van der Waals surface area contributed by atoms with E-state index >= 15 is 0 Å². The summed E-state index contributed by atoms with van der Waals surface area (Å²) in [5.41, 5.74) is 5.70. The normalized spacial score (nSPS) is 40.2. The van der Waals surface area contributed by atoms with Crippen LogP contribution < -0.4 is 5.73 Å². The molecule has 0 bridgehead atoms. The molecule has 0 heterocycles. The first-order chi connectivity index (χ1) is 6.24. The quantitative estimate of drug-likeness (QED) is 0.716. The number of hydrogen-bond donors (Lipinski definition) is 1. The van der Waals surface area contributed by atoms with Gasteiger partial charge in [0.05, 0.1) is 0 Å². The van der Waals surface area contributed by atoms with Crippen molar-refractivity contribution in [3.05, 3.63) is 0 Å². The molecule has 2 saturated carbocycles. The van der Waals surface area contributed by atoms with Gasteiger partial charge in [-0.1, -0.05) is 12.8 Å². The molecule has 2 nitrogen and oxygen atoms in total. The molecule has 0 aromatic heterocycles. The molecule has 4 atom stereocenters. The molecular formula is C11H22N2. The summed E-state index contributed by atoms with van der Waals surface area (Å²) < 4.78 is 0. The lowest BCUT2D eigenvalue weighted by Gasteiger charge is -2.35. The average Bonchev–Trinajstić information content (AvgIpc) is 2.93. The Kier molecular flexibility index (Phi) is 2.61. The Morgan fingerprint density at radius 1 is 1.46 bits per heavy atom. The zero-order chi connectivity index (χ0) is 9.42. The second kappa shape index (κ2) is 3.58. The van der Waals surface area contributed by atoms with E-state index in [1.54, 1.807) is 0 Å². The molecule has 76 valence electrons. The smallest absolute Gasteiger partial charge is 0.0190 e. The predicted molar refractivity (Wildman–Crippen MR) is 55.5 cm³/mol. The van der Waals surface area contributed by atoms with E-state index in [1.807, 2.05) is 0 Å². The monoisotopic (exact) mass is 182 g/mol. The van der Waals surface area contributed by atoms with Crippen LogP contribution in [-0.4, -0.2) is 30.6 Å². The Hall–Kier alpha value is -0.0800. The summed E-state index contributed by atoms with van der Waals surface area (Å²) in [4.78, 5) is 2.52. The van der Waals surface area contributed by atoms with Crippen LogP contribution in [-0.2, 0) is 0 Å². The maximum Gasteiger partial charge on any atom is 0.0190 e. The van der Waals surface area contributed by atoms with Gasteiger partial charge in [-0.2, -0.15) is 0 Å². The summed E-state index contributed by atoms with van der Waals surface area (Å²) in [6, 6.07) is 1.40. The van der Waals surface area contributed by atoms with Crippen molar-refractivity contribution in [1.82, 2.24) is 4.90 Å². The average molecular weight is 182 g/mol. The Bertz CT molecular complexity index is 181. The van der Waals surface area contributed by atoms with Crippen molar-refractivity contribution in [3.63, 3.8) is 0 Å². The van der Waals surface area contributed by atoms with Gasteiger partial charge in [-0.25, -0.2) is 0 Å². The van der Waals surface area contributed by atoms with Gasteiger partial charge in [0.2, 0.25) is 0 Å². The second-order valence-electron chi connectivity index (χ2n) is 4.91. The van der Waals surface area contributed by atoms with E-state index in [9.17, 15) is 0 Å². The maximum absolute atomic E-state index is 5.70. The van der Waals surface area contributed by atoms with Crippen molar-refractivity contribution < 1.29 is 0 Å². The molecule has 2 aliphatic rings. The molecule has 0 spiro atoms. The zero-order valence-electron chi connectivity index (χ0n) is 8.87. The van der Waals surface area contributed by atoms with E-state index in [4.69, 9.17) is 5.73 Å². The molecule has 2 rings (SSSR count). The highest BCUT2D eigenvalue weighted by molar-refractivity contribution is 4.99. The molecule has 0 saturated heterocycles. The number of fused-ring (bicyclic) bond motifs is 1. The standard InChI is InChI=1S/C11H22N2/c1-8(7-12)13(2)11-5-3-4-9-6-10(9)11/h8-11H,3-7,12H2,1-2H3. The van der Waals surface area contributed by atoms with Gasteiger partial charge >= 0.3 is 0 Å². The second-order valence-corrected chi connectivity index (χ2v) is 4.91. The summed E-state index contributed by atoms with van der Waals surface area (Å²) >= 11 is 0. The fraction of sp³-hybridized carbons (Fsp3) is 1.00. The highest BCUT2D eigenvalue weighted by Crippen LogP contribution is 2.51. The fourth-order valence-electron chi connectivity index (χ4n) is 2.88. The van der Waals surface area contributed by atoms with Gasteiger partial charge in [0.25, 0.3) is 0 Å². The number of nitrogens with zero attached hydrogens (tertiary/aromatic N) is 1. The number of likely N-dealkylation sites (N-methyl/N-ethyl adjacent to an activating group) is 1. The van der Waals surface area contributed by atoms with Gasteiger partial charge in [-0.05, 0) is 38.6 Å². The highest BCUT2D eigenvalue weighted by Gasteiger charge is 2.46. The van der Waals surface area contributed by atoms with E-state index in [0.717, 1.165) is 24.4 Å². The van der Waals surface area contributed by atoms with Gasteiger partial charge in [0, 0.05) is 18.6 Å². The van der Waals surface area contributed by atoms with Crippen LogP contribution in [0, 0.1) is 11.8 Å². The first-order valence-electron chi connectivity index (χ1n) is 5.66. The number of nitrogens with two attached hydrogens (primary N) is 1. The molecule has 0 amide bonds. The minimum atomic E-state index is 0.560. The first-order valence-corrected chi connectivity index (χ1v) is 5.66. The lowest BCUT2D eigenvalue weighted by Crippen LogP contribution is -2.44. The predicted octanol–water partition coefficient (Wildman–Crippen LogP) is 1.45. The number of hydrogen-bond acceptors (Lipinski definition) is 2. The van der Waals surface area contributed by atoms with Crippen molar-refractivity contribution in [2.75, 3.05) is 13.6 Å². The Balaban J connectivity index is 1.91. The Morgan fingerprint density at radius 3 is 2.92 bits per heavy atom. The minimum absolute atomic E-state index is 0.560. The molecule has 13 heavy (non-hydrogen) atoms. The van der Waals surface area contributed by atoms with Gasteiger partial charge in [0.15, 0.2) is 0 Å². The van der Waals surface area contributed by atoms with Crippen LogP contribution in [0.3, 0.4) is 0 Å². The van der Waals surface area contributed by atoms with E-state index in [2.05, 4.69) is 18.9 Å². The topological polar surface area (TPSA) is 29.3 Å². The lowest BCUT2D eigenvalue weighted by molar-refractivity contribution is 0.138. The molecular weight excluding hydrogens is 160 g/mol. The summed E-state index contributed by atoms with van der Waals surface area (Å²) in [6.45, 7) is 3.04. The van der Waals surface area contributed by atoms with Crippen molar-refractivity contribution >= 4 is 0 Å². The largest absolute Gasteiger partial charge is 0.329 e. The molecule has 0 radical (unpaired) electrons. The van der Waals surface area contributed by atoms with E-state index in [1.165, 1.54) is 25.7 Å². The summed E-state index contributed by atoms with van der Waals surface area (Å²) in [6.07, 6.45) is 5.83. The maximum atomic E-state index is 5.70. The Labute approximate surface area is 81.5 Å². The van der Waals surface area contributed by atoms with Gasteiger partial charge in [-0.15, -0.1) is 0 Å². The van der Waals surface area contributed by atoms with E-state index < -0.39 is 0 Å². The van der Waals surface area contributed by atoms with E-state index in [-0.39, 0.29) is 0 Å². The van der Waals surface area contributed by atoms with Crippen LogP contribution in [0.4, 0.5) is 0 Å². The first kappa shape index (κ1) is 9.47. The van der Waals surface area contributed by atoms with Crippen molar-refractivity contribution in [2.45, 2.75) is 44.7 Å². The van der Waals surface area contributed by atoms with Crippen molar-refractivity contribution in [3.8, 4) is 0 Å². The van der Waals surface area contributed by atoms with Crippen LogP contribution in [0.1, 0.15) is 32.6 Å². The molecule has 2 aliphatic carbocycles. The van der Waals surface area contributed by atoms with Crippen LogP contribution in [0.5, 0.6) is 0 Å². The third-order valence-corrected chi connectivity index (χ3v) is 4.11. The molecule has 4 unspecified atom stereocenters. The summed E-state index contributed by atoms with van der Waals surface area (Å²) in [5, 5.41) is 0. The zero-order valence-corrected chi connectivity index (χ0v) is 8.87. The van der Waals surface area contributed by atoms with Crippen molar-refractivity contribution in [1.29, 1.82) is 0 Å². The SMILES string of the molecule is CC(CN)N(C)C1CCCC2CC21. The van der Waals surface area contributed by atoms with E-state index in [0.29, 0.717) is 6.04 Å². The molecule has 2 fully saturated rings. The molecule has 2 heteroatoms. The molecule has 0 aliphatic heterocycles. The molecule has 2 N–H and O–H groups in total. The van der Waals surface area contributed by atoms with Gasteiger partial charge in [-0.3, -0.25) is 4.90 Å². The third kappa shape index (κ3) is 1.75. The van der Waals surface area contributed by atoms with Crippen LogP contribution in [0.25, 0.3) is 0 Å². The van der Waals surface area contributed by atoms with Crippen LogP contribution >= 0.6 is 0 Å². The molecule has 0 aromatic rings. The Morgan fingerprint density at radius 2 is 2.23 bits per heavy atom.